The highest BCUT2D eigenvalue weighted by Gasteiger charge is 2.40. The second-order valence-corrected chi connectivity index (χ2v) is 6.34. The first kappa shape index (κ1) is 12.3. The lowest BCUT2D eigenvalue weighted by Crippen LogP contribution is -2.32. The Morgan fingerprint density at radius 2 is 1.79 bits per heavy atom. The summed E-state index contributed by atoms with van der Waals surface area (Å²) in [7, 11) is 0. The van der Waals surface area contributed by atoms with Crippen LogP contribution in [0.25, 0.3) is 11.0 Å². The maximum atomic E-state index is 11.5. The van der Waals surface area contributed by atoms with E-state index in [2.05, 4.69) is 27.7 Å². The Labute approximate surface area is 112 Å². The van der Waals surface area contributed by atoms with Crippen LogP contribution in [-0.2, 0) is 0 Å². The third-order valence-corrected chi connectivity index (χ3v) is 3.81. The molecule has 2 atom stereocenters. The SMILES string of the molecule is C[C@@H]1c2c(ccc3ccc(=O)oc23)O[C@@H]1C(C)(C)C. The molecule has 1 aliphatic rings. The highest BCUT2D eigenvalue weighted by atomic mass is 16.5. The van der Waals surface area contributed by atoms with Gasteiger partial charge in [0.1, 0.15) is 17.4 Å². The lowest BCUT2D eigenvalue weighted by molar-refractivity contribution is 0.0910. The van der Waals surface area contributed by atoms with E-state index < -0.39 is 0 Å². The molecule has 0 spiro atoms. The predicted octanol–water partition coefficient (Wildman–Crippen LogP) is 3.70. The quantitative estimate of drug-likeness (QED) is 0.676. The van der Waals surface area contributed by atoms with E-state index in [0.29, 0.717) is 5.58 Å². The Balaban J connectivity index is 2.24. The van der Waals surface area contributed by atoms with E-state index in [9.17, 15) is 4.79 Å². The molecule has 0 amide bonds. The van der Waals surface area contributed by atoms with Crippen molar-refractivity contribution in [1.29, 1.82) is 0 Å². The molecule has 0 aliphatic carbocycles. The molecule has 0 fully saturated rings. The average Bonchev–Trinajstić information content (AvgIpc) is 2.67. The van der Waals surface area contributed by atoms with Gasteiger partial charge >= 0.3 is 5.63 Å². The zero-order valence-corrected chi connectivity index (χ0v) is 11.7. The molecule has 3 rings (SSSR count). The van der Waals surface area contributed by atoms with Crippen LogP contribution in [0.3, 0.4) is 0 Å². The van der Waals surface area contributed by atoms with Gasteiger partial charge in [0.2, 0.25) is 0 Å². The molecule has 3 nitrogen and oxygen atoms in total. The summed E-state index contributed by atoms with van der Waals surface area (Å²) in [5.41, 5.74) is 1.42. The van der Waals surface area contributed by atoms with Crippen molar-refractivity contribution in [2.75, 3.05) is 0 Å². The number of hydrogen-bond donors (Lipinski definition) is 0. The number of benzene rings is 1. The topological polar surface area (TPSA) is 39.4 Å². The van der Waals surface area contributed by atoms with Crippen molar-refractivity contribution in [2.24, 2.45) is 5.41 Å². The maximum Gasteiger partial charge on any atom is 0.336 e. The van der Waals surface area contributed by atoms with Crippen LogP contribution in [0.4, 0.5) is 0 Å². The van der Waals surface area contributed by atoms with Crippen LogP contribution in [0.1, 0.15) is 39.2 Å². The molecule has 0 N–H and O–H groups in total. The lowest BCUT2D eigenvalue weighted by atomic mass is 9.80. The lowest BCUT2D eigenvalue weighted by Gasteiger charge is -2.29. The molecule has 0 saturated heterocycles. The third-order valence-electron chi connectivity index (χ3n) is 3.81. The molecule has 0 radical (unpaired) electrons. The van der Waals surface area contributed by atoms with E-state index >= 15 is 0 Å². The highest BCUT2D eigenvalue weighted by Crippen LogP contribution is 2.47. The number of rotatable bonds is 0. The van der Waals surface area contributed by atoms with Gasteiger partial charge in [-0.15, -0.1) is 0 Å². The Morgan fingerprint density at radius 1 is 1.11 bits per heavy atom. The zero-order valence-electron chi connectivity index (χ0n) is 11.7. The van der Waals surface area contributed by atoms with Crippen LogP contribution in [-0.4, -0.2) is 6.10 Å². The number of hydrogen-bond acceptors (Lipinski definition) is 3. The standard InChI is InChI=1S/C16H18O3/c1-9-13-11(18-15(9)16(2,3)4)7-5-10-6-8-12(17)19-14(10)13/h5-9,15H,1-4H3/t9-,15+/m1/s1. The molecule has 100 valence electrons. The minimum absolute atomic E-state index is 0.0415. The van der Waals surface area contributed by atoms with Gasteiger partial charge in [0.15, 0.2) is 0 Å². The molecule has 1 aromatic heterocycles. The average molecular weight is 258 g/mol. The molecule has 1 aliphatic heterocycles. The molecule has 2 aromatic rings. The van der Waals surface area contributed by atoms with E-state index in [4.69, 9.17) is 9.15 Å². The van der Waals surface area contributed by atoms with Crippen molar-refractivity contribution >= 4 is 11.0 Å². The normalized spacial score (nSPS) is 22.3. The van der Waals surface area contributed by atoms with Gasteiger partial charge in [-0.1, -0.05) is 27.7 Å². The molecular weight excluding hydrogens is 240 g/mol. The van der Waals surface area contributed by atoms with E-state index in [0.717, 1.165) is 16.7 Å². The van der Waals surface area contributed by atoms with Gasteiger partial charge in [-0.2, -0.15) is 0 Å². The molecule has 1 aromatic carbocycles. The van der Waals surface area contributed by atoms with Crippen molar-refractivity contribution in [3.8, 4) is 5.75 Å². The molecular formula is C16H18O3. The van der Waals surface area contributed by atoms with Crippen molar-refractivity contribution < 1.29 is 9.15 Å². The largest absolute Gasteiger partial charge is 0.489 e. The van der Waals surface area contributed by atoms with Gasteiger partial charge in [0.05, 0.1) is 0 Å². The fourth-order valence-electron chi connectivity index (χ4n) is 2.99. The fourth-order valence-corrected chi connectivity index (χ4v) is 2.99. The van der Waals surface area contributed by atoms with Crippen LogP contribution in [0.2, 0.25) is 0 Å². The van der Waals surface area contributed by atoms with Gasteiger partial charge in [-0.3, -0.25) is 0 Å². The monoisotopic (exact) mass is 258 g/mol. The van der Waals surface area contributed by atoms with Gasteiger partial charge in [-0.05, 0) is 23.6 Å². The van der Waals surface area contributed by atoms with Crippen molar-refractivity contribution in [3.63, 3.8) is 0 Å². The Hall–Kier alpha value is -1.77. The first-order chi connectivity index (χ1) is 8.88. The Bertz CT molecular complexity index is 691. The first-order valence-electron chi connectivity index (χ1n) is 6.61. The number of fused-ring (bicyclic) bond motifs is 3. The van der Waals surface area contributed by atoms with Crippen LogP contribution >= 0.6 is 0 Å². The Kier molecular flexibility index (Phi) is 2.49. The van der Waals surface area contributed by atoms with E-state index in [1.807, 2.05) is 12.1 Å². The summed E-state index contributed by atoms with van der Waals surface area (Å²) in [6.45, 7) is 8.63. The smallest absolute Gasteiger partial charge is 0.336 e. The van der Waals surface area contributed by atoms with Crippen LogP contribution in [0.15, 0.2) is 33.5 Å². The summed E-state index contributed by atoms with van der Waals surface area (Å²) in [6.07, 6.45) is 0.0959. The summed E-state index contributed by atoms with van der Waals surface area (Å²) in [5, 5.41) is 0.948. The van der Waals surface area contributed by atoms with Crippen molar-refractivity contribution in [3.05, 3.63) is 40.2 Å². The molecule has 0 saturated carbocycles. The van der Waals surface area contributed by atoms with E-state index in [1.165, 1.54) is 6.07 Å². The van der Waals surface area contributed by atoms with Gasteiger partial charge in [0, 0.05) is 22.9 Å². The predicted molar refractivity (Wildman–Crippen MR) is 74.8 cm³/mol. The number of ether oxygens (including phenoxy) is 1. The van der Waals surface area contributed by atoms with Crippen LogP contribution in [0, 0.1) is 5.41 Å². The van der Waals surface area contributed by atoms with Crippen molar-refractivity contribution in [2.45, 2.75) is 39.7 Å². The van der Waals surface area contributed by atoms with Crippen LogP contribution < -0.4 is 10.4 Å². The molecule has 0 bridgehead atoms. The summed E-state index contributed by atoms with van der Waals surface area (Å²) < 4.78 is 11.5. The van der Waals surface area contributed by atoms with Crippen molar-refractivity contribution in [1.82, 2.24) is 0 Å². The highest BCUT2D eigenvalue weighted by molar-refractivity contribution is 5.83. The molecule has 2 heterocycles. The van der Waals surface area contributed by atoms with Gasteiger partial charge in [0.25, 0.3) is 0 Å². The minimum Gasteiger partial charge on any atom is -0.489 e. The third kappa shape index (κ3) is 1.84. The second kappa shape index (κ2) is 3.86. The Morgan fingerprint density at radius 3 is 2.47 bits per heavy atom. The van der Waals surface area contributed by atoms with Crippen LogP contribution in [0.5, 0.6) is 5.75 Å². The zero-order chi connectivity index (χ0) is 13.8. The fraction of sp³-hybridized carbons (Fsp3) is 0.438. The van der Waals surface area contributed by atoms with Gasteiger partial charge < -0.3 is 9.15 Å². The van der Waals surface area contributed by atoms with E-state index in [-0.39, 0.29) is 23.1 Å². The maximum absolute atomic E-state index is 11.5. The summed E-state index contributed by atoms with van der Waals surface area (Å²) >= 11 is 0. The van der Waals surface area contributed by atoms with Gasteiger partial charge in [-0.25, -0.2) is 4.79 Å². The van der Waals surface area contributed by atoms with E-state index in [1.54, 1.807) is 6.07 Å². The minimum atomic E-state index is -0.313. The summed E-state index contributed by atoms with van der Waals surface area (Å²) in [6, 6.07) is 7.17. The molecule has 3 heteroatoms. The molecule has 19 heavy (non-hydrogen) atoms. The molecule has 0 unspecified atom stereocenters. The second-order valence-electron chi connectivity index (χ2n) is 6.34. The first-order valence-corrected chi connectivity index (χ1v) is 6.61. The summed E-state index contributed by atoms with van der Waals surface area (Å²) in [4.78, 5) is 11.5. The summed E-state index contributed by atoms with van der Waals surface area (Å²) in [5.74, 6) is 1.05.